The van der Waals surface area contributed by atoms with Crippen molar-refractivity contribution in [3.63, 3.8) is 0 Å². The van der Waals surface area contributed by atoms with Gasteiger partial charge in [0.1, 0.15) is 6.04 Å². The van der Waals surface area contributed by atoms with Crippen LogP contribution in [-0.2, 0) is 9.53 Å². The molecule has 1 rings (SSSR count). The molecule has 1 fully saturated rings. The molecule has 0 saturated carbocycles. The maximum atomic E-state index is 10.9. The zero-order valence-corrected chi connectivity index (χ0v) is 8.19. The first-order valence-corrected chi connectivity index (χ1v) is 4.73. The van der Waals surface area contributed by atoms with Gasteiger partial charge < -0.3 is 9.84 Å². The van der Waals surface area contributed by atoms with Gasteiger partial charge in [0, 0.05) is 12.6 Å². The maximum Gasteiger partial charge on any atom is 0.323 e. The monoisotopic (exact) mass is 187 g/mol. The van der Waals surface area contributed by atoms with E-state index in [1.807, 2.05) is 4.90 Å². The summed E-state index contributed by atoms with van der Waals surface area (Å²) in [5.41, 5.74) is 0. The first-order valence-electron chi connectivity index (χ1n) is 4.73. The first-order chi connectivity index (χ1) is 6.16. The van der Waals surface area contributed by atoms with Gasteiger partial charge in [0.05, 0.1) is 13.2 Å². The highest BCUT2D eigenvalue weighted by molar-refractivity contribution is 5.73. The van der Waals surface area contributed by atoms with Gasteiger partial charge in [-0.25, -0.2) is 0 Å². The van der Waals surface area contributed by atoms with Gasteiger partial charge in [0.2, 0.25) is 0 Å². The number of morpholine rings is 1. The quantitative estimate of drug-likeness (QED) is 0.701. The van der Waals surface area contributed by atoms with Crippen molar-refractivity contribution in [2.75, 3.05) is 19.8 Å². The molecule has 1 aliphatic rings. The Hall–Kier alpha value is -0.610. The average molecular weight is 187 g/mol. The third-order valence-corrected chi connectivity index (χ3v) is 2.61. The lowest BCUT2D eigenvalue weighted by Gasteiger charge is -2.36. The predicted molar refractivity (Wildman–Crippen MR) is 48.7 cm³/mol. The van der Waals surface area contributed by atoms with Gasteiger partial charge in [-0.15, -0.1) is 0 Å². The second-order valence-corrected chi connectivity index (χ2v) is 3.42. The van der Waals surface area contributed by atoms with Crippen molar-refractivity contribution in [3.05, 3.63) is 0 Å². The van der Waals surface area contributed by atoms with Crippen molar-refractivity contribution in [3.8, 4) is 0 Å². The van der Waals surface area contributed by atoms with Crippen LogP contribution in [0.15, 0.2) is 0 Å². The molecule has 4 heteroatoms. The summed E-state index contributed by atoms with van der Waals surface area (Å²) < 4.78 is 5.15. The summed E-state index contributed by atoms with van der Waals surface area (Å²) in [6, 6.07) is -0.131. The number of carboxylic acids is 1. The molecule has 76 valence electrons. The van der Waals surface area contributed by atoms with Crippen LogP contribution >= 0.6 is 0 Å². The molecule has 0 aromatic rings. The summed E-state index contributed by atoms with van der Waals surface area (Å²) in [5, 5.41) is 8.93. The lowest BCUT2D eigenvalue weighted by Crippen LogP contribution is -2.53. The Morgan fingerprint density at radius 3 is 3.00 bits per heavy atom. The second kappa shape index (κ2) is 4.58. The Kier molecular flexibility index (Phi) is 3.69. The summed E-state index contributed by atoms with van der Waals surface area (Å²) >= 11 is 0. The molecule has 2 unspecified atom stereocenters. The number of ether oxygens (including phenoxy) is 1. The molecule has 0 aromatic heterocycles. The average Bonchev–Trinajstić information content (AvgIpc) is 2.16. The maximum absolute atomic E-state index is 10.9. The first kappa shape index (κ1) is 10.5. The highest BCUT2D eigenvalue weighted by Gasteiger charge is 2.31. The fourth-order valence-corrected chi connectivity index (χ4v) is 1.59. The lowest BCUT2D eigenvalue weighted by molar-refractivity contribution is -0.151. The topological polar surface area (TPSA) is 49.8 Å². The molecule has 13 heavy (non-hydrogen) atoms. The molecule has 0 spiro atoms. The molecular formula is C9H17NO3. The van der Waals surface area contributed by atoms with E-state index >= 15 is 0 Å². The number of aliphatic carboxylic acids is 1. The smallest absolute Gasteiger partial charge is 0.323 e. The molecule has 1 N–H and O–H groups in total. The van der Waals surface area contributed by atoms with Crippen LogP contribution in [0.25, 0.3) is 0 Å². The summed E-state index contributed by atoms with van der Waals surface area (Å²) in [6.45, 7) is 5.82. The lowest BCUT2D eigenvalue weighted by atomic mass is 10.1. The van der Waals surface area contributed by atoms with Crippen molar-refractivity contribution in [2.45, 2.75) is 32.4 Å². The summed E-state index contributed by atoms with van der Waals surface area (Å²) in [4.78, 5) is 12.9. The predicted octanol–water partition coefficient (Wildman–Crippen LogP) is 0.570. The van der Waals surface area contributed by atoms with E-state index < -0.39 is 12.0 Å². The zero-order valence-electron chi connectivity index (χ0n) is 8.19. The molecule has 0 bridgehead atoms. The van der Waals surface area contributed by atoms with Crippen LogP contribution in [0.4, 0.5) is 0 Å². The van der Waals surface area contributed by atoms with Gasteiger partial charge >= 0.3 is 5.97 Å². The molecule has 0 radical (unpaired) electrons. The molecule has 2 atom stereocenters. The van der Waals surface area contributed by atoms with E-state index in [4.69, 9.17) is 9.84 Å². The Morgan fingerprint density at radius 1 is 1.77 bits per heavy atom. The highest BCUT2D eigenvalue weighted by Crippen LogP contribution is 2.13. The van der Waals surface area contributed by atoms with Crippen LogP contribution in [-0.4, -0.2) is 47.8 Å². The van der Waals surface area contributed by atoms with Gasteiger partial charge in [-0.05, 0) is 13.3 Å². The number of hydrogen-bond acceptors (Lipinski definition) is 3. The number of carboxylic acid groups (broad SMARTS) is 1. The summed E-state index contributed by atoms with van der Waals surface area (Å²) in [5.74, 6) is -0.778. The summed E-state index contributed by atoms with van der Waals surface area (Å²) in [7, 11) is 0. The van der Waals surface area contributed by atoms with Crippen LogP contribution in [0.1, 0.15) is 20.3 Å². The summed E-state index contributed by atoms with van der Waals surface area (Å²) in [6.07, 6.45) is 0.976. The molecular weight excluding hydrogens is 170 g/mol. The number of hydrogen-bond donors (Lipinski definition) is 1. The van der Waals surface area contributed by atoms with Gasteiger partial charge in [-0.3, -0.25) is 9.69 Å². The van der Waals surface area contributed by atoms with Crippen molar-refractivity contribution < 1.29 is 14.6 Å². The van der Waals surface area contributed by atoms with Crippen molar-refractivity contribution in [1.29, 1.82) is 0 Å². The Labute approximate surface area is 78.5 Å². The third kappa shape index (κ3) is 2.42. The van der Waals surface area contributed by atoms with Crippen LogP contribution < -0.4 is 0 Å². The number of carbonyl (C=O) groups is 1. The van der Waals surface area contributed by atoms with E-state index in [1.54, 1.807) is 0 Å². The highest BCUT2D eigenvalue weighted by atomic mass is 16.5. The van der Waals surface area contributed by atoms with E-state index in [0.717, 1.165) is 13.0 Å². The van der Waals surface area contributed by atoms with Gasteiger partial charge in [0.25, 0.3) is 0 Å². The molecule has 0 amide bonds. The van der Waals surface area contributed by atoms with E-state index in [9.17, 15) is 4.79 Å². The fourth-order valence-electron chi connectivity index (χ4n) is 1.59. The minimum atomic E-state index is -0.778. The molecule has 0 aromatic carbocycles. The van der Waals surface area contributed by atoms with Crippen LogP contribution in [0.3, 0.4) is 0 Å². The van der Waals surface area contributed by atoms with E-state index in [1.165, 1.54) is 0 Å². The SMILES string of the molecule is CCC(C)N1CCOCC1C(=O)O. The molecule has 1 aliphatic heterocycles. The normalized spacial score (nSPS) is 27.1. The Balaban J connectivity index is 2.61. The van der Waals surface area contributed by atoms with E-state index in [2.05, 4.69) is 13.8 Å². The number of rotatable bonds is 3. The van der Waals surface area contributed by atoms with Crippen molar-refractivity contribution in [2.24, 2.45) is 0 Å². The van der Waals surface area contributed by atoms with Crippen LogP contribution in [0.2, 0.25) is 0 Å². The minimum Gasteiger partial charge on any atom is -0.480 e. The Bertz CT molecular complexity index is 184. The van der Waals surface area contributed by atoms with Crippen LogP contribution in [0, 0.1) is 0 Å². The Morgan fingerprint density at radius 2 is 2.46 bits per heavy atom. The standard InChI is InChI=1S/C9H17NO3/c1-3-7(2)10-4-5-13-6-8(10)9(11)12/h7-8H,3-6H2,1-2H3,(H,11,12). The van der Waals surface area contributed by atoms with Crippen molar-refractivity contribution in [1.82, 2.24) is 4.90 Å². The van der Waals surface area contributed by atoms with Gasteiger partial charge in [-0.1, -0.05) is 6.92 Å². The molecule has 0 aliphatic carbocycles. The third-order valence-electron chi connectivity index (χ3n) is 2.61. The van der Waals surface area contributed by atoms with E-state index in [-0.39, 0.29) is 0 Å². The van der Waals surface area contributed by atoms with Gasteiger partial charge in [0.15, 0.2) is 0 Å². The zero-order chi connectivity index (χ0) is 9.84. The minimum absolute atomic E-state index is 0.319. The van der Waals surface area contributed by atoms with Crippen LogP contribution in [0.5, 0.6) is 0 Å². The van der Waals surface area contributed by atoms with E-state index in [0.29, 0.717) is 19.3 Å². The molecule has 1 heterocycles. The number of nitrogens with zero attached hydrogens (tertiary/aromatic N) is 1. The van der Waals surface area contributed by atoms with Gasteiger partial charge in [-0.2, -0.15) is 0 Å². The largest absolute Gasteiger partial charge is 0.480 e. The van der Waals surface area contributed by atoms with Crippen molar-refractivity contribution >= 4 is 5.97 Å². The molecule has 4 nitrogen and oxygen atoms in total. The fraction of sp³-hybridized carbons (Fsp3) is 0.889. The second-order valence-electron chi connectivity index (χ2n) is 3.42. The molecule has 1 saturated heterocycles.